The highest BCUT2D eigenvalue weighted by Gasteiger charge is 2.25. The summed E-state index contributed by atoms with van der Waals surface area (Å²) in [4.78, 5) is 0. The topological polar surface area (TPSA) is 29.5 Å². The Labute approximate surface area is 114 Å². The molecule has 18 heavy (non-hydrogen) atoms. The molecule has 0 saturated carbocycles. The van der Waals surface area contributed by atoms with E-state index in [4.69, 9.17) is 4.74 Å². The predicted octanol–water partition coefficient (Wildman–Crippen LogP) is 3.65. The van der Waals surface area contributed by atoms with Gasteiger partial charge in [-0.25, -0.2) is 0 Å². The van der Waals surface area contributed by atoms with Gasteiger partial charge in [0.15, 0.2) is 0 Å². The quantitative estimate of drug-likeness (QED) is 0.882. The lowest BCUT2D eigenvalue weighted by atomic mass is 9.92. The molecule has 0 amide bonds. The number of ether oxygens (including phenoxy) is 1. The molecule has 1 N–H and O–H groups in total. The Morgan fingerprint density at radius 3 is 3.00 bits per heavy atom. The van der Waals surface area contributed by atoms with Crippen molar-refractivity contribution in [1.29, 1.82) is 0 Å². The van der Waals surface area contributed by atoms with Crippen LogP contribution >= 0.6 is 11.8 Å². The number of thioether (sulfide) groups is 1. The monoisotopic (exact) mass is 266 g/mol. The van der Waals surface area contributed by atoms with Crippen molar-refractivity contribution in [1.82, 2.24) is 0 Å². The Morgan fingerprint density at radius 2 is 2.28 bits per heavy atom. The molecule has 100 valence electrons. The molecule has 2 rings (SSSR count). The first-order valence-corrected chi connectivity index (χ1v) is 7.96. The first kappa shape index (κ1) is 13.8. The molecule has 1 aromatic rings. The molecule has 1 aromatic carbocycles. The maximum atomic E-state index is 10.5. The number of aliphatic hydroxyl groups is 1. The van der Waals surface area contributed by atoms with Crippen LogP contribution in [0.25, 0.3) is 0 Å². The predicted molar refractivity (Wildman–Crippen MR) is 77.2 cm³/mol. The molecule has 1 aliphatic heterocycles. The Bertz CT molecular complexity index is 361. The van der Waals surface area contributed by atoms with Crippen LogP contribution in [-0.4, -0.2) is 23.2 Å². The summed E-state index contributed by atoms with van der Waals surface area (Å²) >= 11 is 1.95. The number of benzene rings is 1. The van der Waals surface area contributed by atoms with Gasteiger partial charge in [0.1, 0.15) is 5.75 Å². The van der Waals surface area contributed by atoms with Gasteiger partial charge in [-0.2, -0.15) is 11.8 Å². The molecule has 0 radical (unpaired) electrons. The van der Waals surface area contributed by atoms with Gasteiger partial charge >= 0.3 is 0 Å². The summed E-state index contributed by atoms with van der Waals surface area (Å²) < 4.78 is 5.73. The van der Waals surface area contributed by atoms with Gasteiger partial charge in [0.25, 0.3) is 0 Å². The third-order valence-corrected chi connectivity index (χ3v) is 4.58. The fourth-order valence-electron chi connectivity index (χ4n) is 2.34. The number of hydrogen-bond acceptors (Lipinski definition) is 3. The zero-order chi connectivity index (χ0) is 12.8. The minimum Gasteiger partial charge on any atom is -0.493 e. The summed E-state index contributed by atoms with van der Waals surface area (Å²) in [6, 6.07) is 7.91. The molecule has 1 aliphatic rings. The van der Waals surface area contributed by atoms with E-state index in [-0.39, 0.29) is 6.10 Å². The molecular formula is C15H22O2S. The third kappa shape index (κ3) is 3.42. The molecular weight excluding hydrogens is 244 g/mol. The maximum absolute atomic E-state index is 10.5. The second-order valence-corrected chi connectivity index (χ2v) is 5.96. The lowest BCUT2D eigenvalue weighted by Crippen LogP contribution is -2.19. The standard InChI is InChI=1S/C15H22O2S/c1-2-9-17-14-8-4-3-7-13(14)15(16)12-6-5-10-18-11-12/h3-4,7-8,12,15-16H,2,5-6,9-11H2,1H3. The summed E-state index contributed by atoms with van der Waals surface area (Å²) in [6.07, 6.45) is 2.94. The van der Waals surface area contributed by atoms with Crippen molar-refractivity contribution in [2.75, 3.05) is 18.1 Å². The van der Waals surface area contributed by atoms with E-state index in [1.807, 2.05) is 36.0 Å². The summed E-state index contributed by atoms with van der Waals surface area (Å²) in [5.41, 5.74) is 0.957. The van der Waals surface area contributed by atoms with Crippen molar-refractivity contribution in [3.63, 3.8) is 0 Å². The van der Waals surface area contributed by atoms with Crippen LogP contribution in [0.3, 0.4) is 0 Å². The van der Waals surface area contributed by atoms with Crippen molar-refractivity contribution in [2.45, 2.75) is 32.3 Å². The van der Waals surface area contributed by atoms with Gasteiger partial charge in [-0.1, -0.05) is 25.1 Å². The normalized spacial score (nSPS) is 21.6. The van der Waals surface area contributed by atoms with Gasteiger partial charge in [0.2, 0.25) is 0 Å². The Kier molecular flexibility index (Phi) is 5.39. The van der Waals surface area contributed by atoms with E-state index in [1.54, 1.807) is 0 Å². The van der Waals surface area contributed by atoms with Gasteiger partial charge in [-0.3, -0.25) is 0 Å². The van der Waals surface area contributed by atoms with Gasteiger partial charge < -0.3 is 9.84 Å². The Balaban J connectivity index is 2.10. The van der Waals surface area contributed by atoms with Crippen LogP contribution in [0.4, 0.5) is 0 Å². The van der Waals surface area contributed by atoms with Crippen LogP contribution in [0, 0.1) is 5.92 Å². The number of aliphatic hydroxyl groups excluding tert-OH is 1. The molecule has 0 bridgehead atoms. The van der Waals surface area contributed by atoms with E-state index in [1.165, 1.54) is 12.2 Å². The van der Waals surface area contributed by atoms with Crippen LogP contribution in [0.15, 0.2) is 24.3 Å². The Hall–Kier alpha value is -0.670. The highest BCUT2D eigenvalue weighted by molar-refractivity contribution is 7.99. The number of hydrogen-bond donors (Lipinski definition) is 1. The highest BCUT2D eigenvalue weighted by Crippen LogP contribution is 2.36. The third-order valence-electron chi connectivity index (χ3n) is 3.34. The van der Waals surface area contributed by atoms with E-state index < -0.39 is 0 Å². The van der Waals surface area contributed by atoms with Crippen molar-refractivity contribution >= 4 is 11.8 Å². The van der Waals surface area contributed by atoms with Crippen LogP contribution in [0.5, 0.6) is 5.75 Å². The SMILES string of the molecule is CCCOc1ccccc1C(O)C1CCCSC1. The largest absolute Gasteiger partial charge is 0.493 e. The fourth-order valence-corrected chi connectivity index (χ4v) is 3.53. The number of rotatable bonds is 5. The lowest BCUT2D eigenvalue weighted by molar-refractivity contribution is 0.109. The smallest absolute Gasteiger partial charge is 0.125 e. The maximum Gasteiger partial charge on any atom is 0.125 e. The summed E-state index contributed by atoms with van der Waals surface area (Å²) in [7, 11) is 0. The molecule has 0 aliphatic carbocycles. The Morgan fingerprint density at radius 1 is 1.44 bits per heavy atom. The summed E-state index contributed by atoms with van der Waals surface area (Å²) in [6.45, 7) is 2.81. The van der Waals surface area contributed by atoms with Crippen LogP contribution in [0.2, 0.25) is 0 Å². The van der Waals surface area contributed by atoms with E-state index in [0.29, 0.717) is 12.5 Å². The van der Waals surface area contributed by atoms with Crippen molar-refractivity contribution < 1.29 is 9.84 Å². The van der Waals surface area contributed by atoms with E-state index in [9.17, 15) is 5.11 Å². The second-order valence-electron chi connectivity index (χ2n) is 4.81. The van der Waals surface area contributed by atoms with Gasteiger partial charge in [0.05, 0.1) is 12.7 Å². The number of para-hydroxylation sites is 1. The summed E-state index contributed by atoms with van der Waals surface area (Å²) in [5, 5.41) is 10.5. The zero-order valence-electron chi connectivity index (χ0n) is 11.0. The molecule has 1 heterocycles. The molecule has 2 atom stereocenters. The molecule has 3 heteroatoms. The zero-order valence-corrected chi connectivity index (χ0v) is 11.8. The van der Waals surface area contributed by atoms with Gasteiger partial charge in [-0.05, 0) is 42.8 Å². The molecule has 2 unspecified atom stereocenters. The van der Waals surface area contributed by atoms with Crippen molar-refractivity contribution in [3.8, 4) is 5.75 Å². The minimum atomic E-state index is -0.383. The van der Waals surface area contributed by atoms with Gasteiger partial charge in [0, 0.05) is 5.56 Å². The molecule has 1 fully saturated rings. The molecule has 0 aromatic heterocycles. The van der Waals surface area contributed by atoms with E-state index in [0.717, 1.165) is 29.9 Å². The van der Waals surface area contributed by atoms with E-state index in [2.05, 4.69) is 6.92 Å². The average molecular weight is 266 g/mol. The first-order chi connectivity index (χ1) is 8.83. The second kappa shape index (κ2) is 7.05. The van der Waals surface area contributed by atoms with Crippen LogP contribution in [-0.2, 0) is 0 Å². The van der Waals surface area contributed by atoms with Crippen LogP contribution < -0.4 is 4.74 Å². The highest BCUT2D eigenvalue weighted by atomic mass is 32.2. The van der Waals surface area contributed by atoms with Crippen molar-refractivity contribution in [2.24, 2.45) is 5.92 Å². The first-order valence-electron chi connectivity index (χ1n) is 6.80. The van der Waals surface area contributed by atoms with E-state index >= 15 is 0 Å². The average Bonchev–Trinajstić information content (AvgIpc) is 2.45. The fraction of sp³-hybridized carbons (Fsp3) is 0.600. The molecule has 1 saturated heterocycles. The molecule has 0 spiro atoms. The van der Waals surface area contributed by atoms with Gasteiger partial charge in [-0.15, -0.1) is 0 Å². The molecule has 2 nitrogen and oxygen atoms in total. The summed E-state index contributed by atoms with van der Waals surface area (Å²) in [5.74, 6) is 3.51. The lowest BCUT2D eigenvalue weighted by Gasteiger charge is -2.27. The minimum absolute atomic E-state index is 0.370. The van der Waals surface area contributed by atoms with Crippen LogP contribution in [0.1, 0.15) is 37.9 Å². The van der Waals surface area contributed by atoms with Crippen molar-refractivity contribution in [3.05, 3.63) is 29.8 Å².